The van der Waals surface area contributed by atoms with Crippen molar-refractivity contribution in [3.8, 4) is 11.3 Å². The van der Waals surface area contributed by atoms with E-state index in [2.05, 4.69) is 5.10 Å². The molecule has 1 saturated carbocycles. The molecule has 0 unspecified atom stereocenters. The van der Waals surface area contributed by atoms with E-state index >= 15 is 4.39 Å². The van der Waals surface area contributed by atoms with Crippen LogP contribution in [0.25, 0.3) is 11.3 Å². The third-order valence-corrected chi connectivity index (χ3v) is 8.15. The Morgan fingerprint density at radius 3 is 2.46 bits per heavy atom. The Kier molecular flexibility index (Phi) is 7.09. The minimum Gasteiger partial charge on any atom is -0.478 e. The third kappa shape index (κ3) is 4.73. The molecule has 2 aromatic carbocycles. The van der Waals surface area contributed by atoms with Gasteiger partial charge in [0.25, 0.3) is 5.91 Å². The van der Waals surface area contributed by atoms with E-state index in [0.717, 1.165) is 10.7 Å². The van der Waals surface area contributed by atoms with Crippen LogP contribution in [0.2, 0.25) is 5.02 Å². The molecule has 2 amide bonds. The second-order valence-corrected chi connectivity index (χ2v) is 10.6. The van der Waals surface area contributed by atoms with Crippen LogP contribution in [-0.2, 0) is 18.4 Å². The van der Waals surface area contributed by atoms with Gasteiger partial charge in [-0.15, -0.1) is 0 Å². The second kappa shape index (κ2) is 10.2. The van der Waals surface area contributed by atoms with E-state index in [4.69, 9.17) is 11.6 Å². The van der Waals surface area contributed by atoms with Crippen LogP contribution >= 0.6 is 11.6 Å². The smallest absolute Gasteiger partial charge is 0.398 e. The molecule has 0 radical (unpaired) electrons. The fraction of sp³-hybridized carbons (Fsp3) is 0.357. The lowest BCUT2D eigenvalue weighted by atomic mass is 9.90. The molecule has 3 aromatic rings. The van der Waals surface area contributed by atoms with Crippen LogP contribution in [0.15, 0.2) is 36.4 Å². The fourth-order valence-electron chi connectivity index (χ4n) is 5.26. The van der Waals surface area contributed by atoms with Crippen molar-refractivity contribution < 1.29 is 37.1 Å². The maximum absolute atomic E-state index is 15.2. The highest BCUT2D eigenvalue weighted by atomic mass is 35.5. The SMILES string of the molecule is CCN(C)C(=O)N1CCc2c(-c3ccc(C(=O)O)cc3F)nn(C(=O)c3c(Cl)cccc3C3(C(F)(F)F)CC3)c2C1. The van der Waals surface area contributed by atoms with Gasteiger partial charge in [-0.05, 0) is 56.0 Å². The molecule has 0 atom stereocenters. The van der Waals surface area contributed by atoms with Crippen molar-refractivity contribution in [3.63, 3.8) is 0 Å². The molecule has 0 spiro atoms. The number of carbonyl (C=O) groups is 3. The van der Waals surface area contributed by atoms with Crippen LogP contribution in [-0.4, -0.2) is 68.9 Å². The molecule has 5 rings (SSSR count). The summed E-state index contributed by atoms with van der Waals surface area (Å²) in [7, 11) is 1.60. The highest BCUT2D eigenvalue weighted by molar-refractivity contribution is 6.34. The molecular formula is C28H25ClF4N4O4. The highest BCUT2D eigenvalue weighted by Gasteiger charge is 2.65. The lowest BCUT2D eigenvalue weighted by Gasteiger charge is -2.31. The van der Waals surface area contributed by atoms with Crippen LogP contribution in [0, 0.1) is 5.82 Å². The number of urea groups is 1. The summed E-state index contributed by atoms with van der Waals surface area (Å²) in [6.45, 7) is 2.30. The summed E-state index contributed by atoms with van der Waals surface area (Å²) in [5, 5.41) is 13.4. The molecule has 1 N–H and O–H groups in total. The van der Waals surface area contributed by atoms with Crippen LogP contribution < -0.4 is 0 Å². The summed E-state index contributed by atoms with van der Waals surface area (Å²) < 4.78 is 58.5. The van der Waals surface area contributed by atoms with Gasteiger partial charge in [0.05, 0.1) is 39.5 Å². The van der Waals surface area contributed by atoms with Gasteiger partial charge < -0.3 is 14.9 Å². The molecule has 41 heavy (non-hydrogen) atoms. The van der Waals surface area contributed by atoms with Crippen LogP contribution in [0.4, 0.5) is 22.4 Å². The van der Waals surface area contributed by atoms with Gasteiger partial charge in [-0.1, -0.05) is 23.7 Å². The first-order chi connectivity index (χ1) is 19.3. The molecule has 1 aliphatic carbocycles. The van der Waals surface area contributed by atoms with Crippen molar-refractivity contribution in [1.29, 1.82) is 0 Å². The number of carbonyl (C=O) groups excluding carboxylic acids is 2. The molecule has 13 heteroatoms. The largest absolute Gasteiger partial charge is 0.478 e. The van der Waals surface area contributed by atoms with E-state index in [9.17, 15) is 32.7 Å². The summed E-state index contributed by atoms with van der Waals surface area (Å²) in [4.78, 5) is 41.3. The molecule has 2 aliphatic rings. The van der Waals surface area contributed by atoms with Gasteiger partial charge in [0.15, 0.2) is 0 Å². The second-order valence-electron chi connectivity index (χ2n) is 10.2. The Morgan fingerprint density at radius 1 is 1.17 bits per heavy atom. The first kappa shape index (κ1) is 28.6. The molecule has 2 heterocycles. The topological polar surface area (TPSA) is 95.7 Å². The average Bonchev–Trinajstić information content (AvgIpc) is 3.68. The number of aromatic carboxylic acids is 1. The first-order valence-corrected chi connectivity index (χ1v) is 13.2. The molecule has 1 aliphatic heterocycles. The average molecular weight is 593 g/mol. The number of carboxylic acids is 1. The van der Waals surface area contributed by atoms with Gasteiger partial charge >= 0.3 is 18.2 Å². The number of aromatic nitrogens is 2. The molecule has 216 valence electrons. The van der Waals surface area contributed by atoms with Crippen molar-refractivity contribution in [3.05, 3.63) is 75.2 Å². The number of nitrogens with zero attached hydrogens (tertiary/aromatic N) is 4. The zero-order valence-corrected chi connectivity index (χ0v) is 22.8. The monoisotopic (exact) mass is 592 g/mol. The minimum atomic E-state index is -4.62. The van der Waals surface area contributed by atoms with Gasteiger partial charge in [0.2, 0.25) is 0 Å². The molecule has 1 fully saturated rings. The number of alkyl halides is 3. The Bertz CT molecular complexity index is 1580. The summed E-state index contributed by atoms with van der Waals surface area (Å²) in [6.07, 6.45) is -4.85. The standard InChI is InChI=1S/C28H25ClF4N4O4/c1-3-35(2)26(41)36-12-9-17-21(14-36)37(34-23(17)16-8-7-15(25(39)40)13-20(16)30)24(38)22-18(5-4-6-19(22)29)27(10-11-27)28(31,32)33/h4-8,13H,3,9-12,14H2,1-2H3,(H,39,40). The predicted octanol–water partition coefficient (Wildman–Crippen LogP) is 5.75. The first-order valence-electron chi connectivity index (χ1n) is 12.8. The number of amides is 2. The molecule has 1 aromatic heterocycles. The number of carboxylic acid groups (broad SMARTS) is 1. The predicted molar refractivity (Wildman–Crippen MR) is 141 cm³/mol. The lowest BCUT2D eigenvalue weighted by molar-refractivity contribution is -0.160. The van der Waals surface area contributed by atoms with Crippen molar-refractivity contribution in [1.82, 2.24) is 19.6 Å². The zero-order valence-electron chi connectivity index (χ0n) is 22.1. The fourth-order valence-corrected chi connectivity index (χ4v) is 5.51. The van der Waals surface area contributed by atoms with Gasteiger partial charge in [-0.25, -0.2) is 14.0 Å². The number of rotatable bonds is 5. The van der Waals surface area contributed by atoms with Gasteiger partial charge in [0.1, 0.15) is 5.82 Å². The third-order valence-electron chi connectivity index (χ3n) is 7.83. The van der Waals surface area contributed by atoms with Crippen LogP contribution in [0.3, 0.4) is 0 Å². The summed E-state index contributed by atoms with van der Waals surface area (Å²) >= 11 is 6.36. The van der Waals surface area contributed by atoms with E-state index < -0.39 is 29.3 Å². The van der Waals surface area contributed by atoms with Crippen molar-refractivity contribution in [2.45, 2.75) is 44.3 Å². The molecule has 0 saturated heterocycles. The quantitative estimate of drug-likeness (QED) is 0.381. The Hall–Kier alpha value is -3.93. The number of fused-ring (bicyclic) bond motifs is 1. The summed E-state index contributed by atoms with van der Waals surface area (Å²) in [6, 6.07) is 6.81. The number of benzene rings is 2. The summed E-state index contributed by atoms with van der Waals surface area (Å²) in [5.41, 5.74) is -2.56. The van der Waals surface area contributed by atoms with E-state index in [0.29, 0.717) is 12.1 Å². The zero-order chi connectivity index (χ0) is 29.9. The maximum Gasteiger partial charge on any atom is 0.398 e. The van der Waals surface area contributed by atoms with Gasteiger partial charge in [0, 0.05) is 31.3 Å². The molecule has 0 bridgehead atoms. The van der Waals surface area contributed by atoms with Crippen molar-refractivity contribution in [2.75, 3.05) is 20.1 Å². The van der Waals surface area contributed by atoms with Gasteiger partial charge in [-0.2, -0.15) is 23.0 Å². The normalized spacial score (nSPS) is 15.8. The van der Waals surface area contributed by atoms with E-state index in [1.54, 1.807) is 14.0 Å². The summed E-state index contributed by atoms with van der Waals surface area (Å²) in [5.74, 6) is -3.18. The van der Waals surface area contributed by atoms with Crippen LogP contribution in [0.1, 0.15) is 57.3 Å². The van der Waals surface area contributed by atoms with Crippen LogP contribution in [0.5, 0.6) is 0 Å². The number of hydrogen-bond acceptors (Lipinski definition) is 4. The molecule has 8 nitrogen and oxygen atoms in total. The van der Waals surface area contributed by atoms with Crippen molar-refractivity contribution >= 4 is 29.5 Å². The van der Waals surface area contributed by atoms with Crippen molar-refractivity contribution in [2.24, 2.45) is 0 Å². The van der Waals surface area contributed by atoms with Gasteiger partial charge in [-0.3, -0.25) is 4.79 Å². The molecular weight excluding hydrogens is 568 g/mol. The lowest BCUT2D eigenvalue weighted by Crippen LogP contribution is -2.44. The number of halogens is 5. The Balaban J connectivity index is 1.68. The van der Waals surface area contributed by atoms with E-state index in [1.807, 2.05) is 0 Å². The Labute approximate surface area is 237 Å². The van der Waals surface area contributed by atoms with E-state index in [-0.39, 0.29) is 77.0 Å². The number of hydrogen-bond donors (Lipinski definition) is 1. The maximum atomic E-state index is 15.2. The van der Waals surface area contributed by atoms with E-state index in [1.165, 1.54) is 40.1 Å². The Morgan fingerprint density at radius 2 is 1.88 bits per heavy atom. The highest BCUT2D eigenvalue weighted by Crippen LogP contribution is 2.60. The minimum absolute atomic E-state index is 0.0318.